The summed E-state index contributed by atoms with van der Waals surface area (Å²) in [6, 6.07) is 2.76. The van der Waals surface area contributed by atoms with Crippen molar-refractivity contribution in [3.8, 4) is 11.4 Å². The molecule has 0 saturated heterocycles. The monoisotopic (exact) mass is 303 g/mol. The van der Waals surface area contributed by atoms with Gasteiger partial charge in [0.25, 0.3) is 6.43 Å². The highest BCUT2D eigenvalue weighted by atomic mass is 19.3. The predicted molar refractivity (Wildman–Crippen MR) is 64.6 cm³/mol. The Balaban J connectivity index is 2.33. The van der Waals surface area contributed by atoms with E-state index in [1.807, 2.05) is 0 Å². The first kappa shape index (κ1) is 15.1. The molecule has 9 heteroatoms. The largest absolute Gasteiger partial charge is 0.461 e. The molecule has 0 aliphatic carbocycles. The van der Waals surface area contributed by atoms with E-state index in [-0.39, 0.29) is 18.0 Å². The van der Waals surface area contributed by atoms with Gasteiger partial charge in [-0.1, -0.05) is 5.16 Å². The summed E-state index contributed by atoms with van der Waals surface area (Å²) in [4.78, 5) is 11.8. The fourth-order valence-electron chi connectivity index (χ4n) is 1.64. The molecule has 0 aliphatic rings. The van der Waals surface area contributed by atoms with Crippen LogP contribution in [0.15, 0.2) is 22.9 Å². The van der Waals surface area contributed by atoms with Gasteiger partial charge in [-0.3, -0.25) is 4.68 Å². The lowest BCUT2D eigenvalue weighted by Crippen LogP contribution is -2.23. The molecular weight excluding hydrogens is 291 g/mol. The fourth-order valence-corrected chi connectivity index (χ4v) is 1.64. The van der Waals surface area contributed by atoms with Crippen molar-refractivity contribution < 1.29 is 27.2 Å². The van der Waals surface area contributed by atoms with Crippen LogP contribution in [0.1, 0.15) is 17.4 Å². The van der Waals surface area contributed by atoms with E-state index in [0.29, 0.717) is 5.69 Å². The van der Waals surface area contributed by atoms with E-state index in [4.69, 9.17) is 4.74 Å². The number of ether oxygens (including phenoxy) is 1. The van der Waals surface area contributed by atoms with Crippen molar-refractivity contribution >= 4 is 5.97 Å². The molecule has 0 fully saturated rings. The van der Waals surface area contributed by atoms with Crippen LogP contribution in [0, 0.1) is 0 Å². The van der Waals surface area contributed by atoms with Gasteiger partial charge in [-0.05, 0) is 6.92 Å². The van der Waals surface area contributed by atoms with E-state index in [0.717, 1.165) is 4.68 Å². The lowest BCUT2D eigenvalue weighted by atomic mass is 10.3. The maximum Gasteiger partial charge on any atom is 0.356 e. The Kier molecular flexibility index (Phi) is 4.61. The van der Waals surface area contributed by atoms with E-state index in [1.54, 1.807) is 6.92 Å². The number of rotatable bonds is 6. The zero-order valence-corrected chi connectivity index (χ0v) is 11.0. The summed E-state index contributed by atoms with van der Waals surface area (Å²) in [6.45, 7) is 0.926. The first-order chi connectivity index (χ1) is 10.0. The quantitative estimate of drug-likeness (QED) is 0.766. The second kappa shape index (κ2) is 6.42. The number of hydrogen-bond donors (Lipinski definition) is 0. The first-order valence-electron chi connectivity index (χ1n) is 6.10. The van der Waals surface area contributed by atoms with Crippen molar-refractivity contribution in [2.24, 2.45) is 0 Å². The van der Waals surface area contributed by atoms with Gasteiger partial charge in [-0.2, -0.15) is 5.10 Å². The highest BCUT2D eigenvalue weighted by Gasteiger charge is 2.25. The van der Waals surface area contributed by atoms with Crippen LogP contribution in [-0.2, 0) is 11.3 Å². The molecule has 2 heterocycles. The average Bonchev–Trinajstić information content (AvgIpc) is 3.07. The van der Waals surface area contributed by atoms with Crippen LogP contribution in [0.3, 0.4) is 0 Å². The number of alkyl halides is 3. The molecular formula is C12H12F3N3O3. The van der Waals surface area contributed by atoms with Crippen LogP contribution in [0.2, 0.25) is 0 Å². The van der Waals surface area contributed by atoms with Gasteiger partial charge in [-0.25, -0.2) is 18.0 Å². The molecule has 0 amide bonds. The van der Waals surface area contributed by atoms with E-state index in [1.165, 1.54) is 18.4 Å². The van der Waals surface area contributed by atoms with Crippen LogP contribution in [-0.4, -0.2) is 40.1 Å². The van der Waals surface area contributed by atoms with Crippen LogP contribution in [0.4, 0.5) is 13.2 Å². The Labute approximate surface area is 117 Å². The maximum atomic E-state index is 13.2. The number of aromatic nitrogens is 3. The van der Waals surface area contributed by atoms with Gasteiger partial charge in [0.2, 0.25) is 0 Å². The molecule has 0 saturated carbocycles. The number of esters is 1. The molecule has 0 radical (unpaired) electrons. The van der Waals surface area contributed by atoms with Gasteiger partial charge in [0.15, 0.2) is 6.17 Å². The van der Waals surface area contributed by atoms with E-state index in [9.17, 15) is 18.0 Å². The van der Waals surface area contributed by atoms with Crippen molar-refractivity contribution in [3.05, 3.63) is 24.1 Å². The van der Waals surface area contributed by atoms with Crippen LogP contribution >= 0.6 is 0 Å². The van der Waals surface area contributed by atoms with Crippen molar-refractivity contribution in [1.82, 2.24) is 14.9 Å². The Bertz CT molecular complexity index is 598. The minimum atomic E-state index is -3.17. The summed E-state index contributed by atoms with van der Waals surface area (Å²) in [6.07, 6.45) is -4.32. The maximum absolute atomic E-state index is 13.2. The first-order valence-corrected chi connectivity index (χ1v) is 6.10. The summed E-state index contributed by atoms with van der Waals surface area (Å²) >= 11 is 0. The smallest absolute Gasteiger partial charge is 0.356 e. The minimum Gasteiger partial charge on any atom is -0.461 e. The summed E-state index contributed by atoms with van der Waals surface area (Å²) in [5.74, 6) is -0.777. The number of halogens is 3. The van der Waals surface area contributed by atoms with E-state index in [2.05, 4.69) is 14.8 Å². The molecule has 0 bridgehead atoms. The van der Waals surface area contributed by atoms with Crippen LogP contribution in [0.25, 0.3) is 11.4 Å². The molecule has 0 aromatic carbocycles. The standard InChI is InChI=1S/C12H12F3N3O3/c1-2-20-12(19)10-5-9(8-3-4-21-17-8)16-18(10)6-7(13)11(14)15/h3-5,7,11H,2,6H2,1H3. The molecule has 114 valence electrons. The van der Waals surface area contributed by atoms with Crippen molar-refractivity contribution in [1.29, 1.82) is 0 Å². The second-order valence-corrected chi connectivity index (χ2v) is 4.05. The molecule has 6 nitrogen and oxygen atoms in total. The molecule has 0 N–H and O–H groups in total. The number of hydrogen-bond acceptors (Lipinski definition) is 5. The Morgan fingerprint density at radius 3 is 2.76 bits per heavy atom. The Morgan fingerprint density at radius 1 is 1.43 bits per heavy atom. The third-order valence-corrected chi connectivity index (χ3v) is 2.59. The third-order valence-electron chi connectivity index (χ3n) is 2.59. The third kappa shape index (κ3) is 3.41. The number of carbonyl (C=O) groups is 1. The predicted octanol–water partition coefficient (Wildman–Crippen LogP) is 2.32. The topological polar surface area (TPSA) is 70.2 Å². The summed E-state index contributed by atoms with van der Waals surface area (Å²) < 4.78 is 48.1. The highest BCUT2D eigenvalue weighted by Crippen LogP contribution is 2.19. The van der Waals surface area contributed by atoms with E-state index < -0.39 is 25.1 Å². The van der Waals surface area contributed by atoms with E-state index >= 15 is 0 Å². The van der Waals surface area contributed by atoms with Gasteiger partial charge in [0.1, 0.15) is 23.3 Å². The fraction of sp³-hybridized carbons (Fsp3) is 0.417. The van der Waals surface area contributed by atoms with Crippen molar-refractivity contribution in [2.75, 3.05) is 6.61 Å². The molecule has 21 heavy (non-hydrogen) atoms. The Hall–Kier alpha value is -2.32. The van der Waals surface area contributed by atoms with Gasteiger partial charge in [-0.15, -0.1) is 0 Å². The zero-order valence-electron chi connectivity index (χ0n) is 11.0. The molecule has 0 aliphatic heterocycles. The molecule has 0 spiro atoms. The molecule has 1 atom stereocenters. The normalized spacial score (nSPS) is 12.6. The lowest BCUT2D eigenvalue weighted by molar-refractivity contribution is 0.0354. The summed E-state index contributed by atoms with van der Waals surface area (Å²) in [5.41, 5.74) is 0.373. The van der Waals surface area contributed by atoms with Crippen molar-refractivity contribution in [2.45, 2.75) is 26.1 Å². The SMILES string of the molecule is CCOC(=O)c1cc(-c2ccon2)nn1CC(F)C(F)F. The number of carbonyl (C=O) groups excluding carboxylic acids is 1. The summed E-state index contributed by atoms with van der Waals surface area (Å²) in [5, 5.41) is 7.51. The van der Waals surface area contributed by atoms with Gasteiger partial charge < -0.3 is 9.26 Å². The Morgan fingerprint density at radius 2 is 2.19 bits per heavy atom. The van der Waals surface area contributed by atoms with Gasteiger partial charge in [0.05, 0.1) is 13.2 Å². The highest BCUT2D eigenvalue weighted by molar-refractivity contribution is 5.88. The zero-order chi connectivity index (χ0) is 15.4. The average molecular weight is 303 g/mol. The van der Waals surface area contributed by atoms with Crippen LogP contribution < -0.4 is 0 Å². The molecule has 1 unspecified atom stereocenters. The minimum absolute atomic E-state index is 0.0945. The number of nitrogens with zero attached hydrogens (tertiary/aromatic N) is 3. The lowest BCUT2D eigenvalue weighted by Gasteiger charge is -2.09. The van der Waals surface area contributed by atoms with Gasteiger partial charge in [0, 0.05) is 12.1 Å². The molecule has 2 aromatic rings. The molecule has 2 rings (SSSR count). The summed E-state index contributed by atoms with van der Waals surface area (Å²) in [7, 11) is 0. The molecule has 2 aromatic heterocycles. The van der Waals surface area contributed by atoms with Crippen molar-refractivity contribution in [3.63, 3.8) is 0 Å². The van der Waals surface area contributed by atoms with Crippen LogP contribution in [0.5, 0.6) is 0 Å². The van der Waals surface area contributed by atoms with Gasteiger partial charge >= 0.3 is 5.97 Å². The second-order valence-electron chi connectivity index (χ2n) is 4.05.